The second-order valence-corrected chi connectivity index (χ2v) is 9.25. The number of nitrogens with one attached hydrogen (secondary N) is 2. The molecule has 2 aromatic rings. The number of hydrogen-bond donors (Lipinski definition) is 2. The van der Waals surface area contributed by atoms with Gasteiger partial charge in [-0.15, -0.1) is 0 Å². The highest BCUT2D eigenvalue weighted by Crippen LogP contribution is 2.34. The van der Waals surface area contributed by atoms with E-state index in [1.807, 2.05) is 29.2 Å². The minimum absolute atomic E-state index is 0.483. The van der Waals surface area contributed by atoms with Crippen LogP contribution < -0.4 is 15.4 Å². The zero-order valence-corrected chi connectivity index (χ0v) is 20.3. The molecule has 4 rings (SSSR count). The van der Waals surface area contributed by atoms with Crippen LogP contribution in [0, 0.1) is 0 Å². The molecule has 0 spiro atoms. The number of carbonyl (C=O) groups excluding carboxylic acids is 3. The van der Waals surface area contributed by atoms with E-state index >= 15 is 0 Å². The third kappa shape index (κ3) is 4.45. The fourth-order valence-corrected chi connectivity index (χ4v) is 4.85. The highest BCUT2D eigenvalue weighted by molar-refractivity contribution is 9.10. The number of alkyl halides is 1. The number of amides is 4. The molecule has 2 heterocycles. The van der Waals surface area contributed by atoms with Gasteiger partial charge in [-0.05, 0) is 42.0 Å². The quantitative estimate of drug-likeness (QED) is 0.413. The number of barbiturate groups is 1. The molecule has 0 aliphatic carbocycles. The lowest BCUT2D eigenvalue weighted by Gasteiger charge is -2.46. The van der Waals surface area contributed by atoms with Crippen molar-refractivity contribution >= 4 is 49.7 Å². The maximum atomic E-state index is 13.2. The van der Waals surface area contributed by atoms with E-state index in [9.17, 15) is 14.4 Å². The Morgan fingerprint density at radius 2 is 1.38 bits per heavy atom. The molecule has 0 saturated carbocycles. The molecule has 4 amide bonds. The number of rotatable bonds is 6. The van der Waals surface area contributed by atoms with Crippen LogP contribution in [-0.4, -0.2) is 65.7 Å². The van der Waals surface area contributed by atoms with Gasteiger partial charge in [0.15, 0.2) is 0 Å². The average Bonchev–Trinajstić information content (AvgIpc) is 2.77. The third-order valence-corrected chi connectivity index (χ3v) is 6.56. The molecule has 10 heteroatoms. The molecule has 2 aromatic carbocycles. The maximum Gasteiger partial charge on any atom is 0.328 e. The molecule has 2 aliphatic heterocycles. The first kappa shape index (κ1) is 22.9. The second kappa shape index (κ2) is 9.70. The zero-order valence-electron chi connectivity index (χ0n) is 17.1. The minimum atomic E-state index is -1.62. The highest BCUT2D eigenvalue weighted by atomic mass is 79.9. The molecule has 0 radical (unpaired) electrons. The van der Waals surface area contributed by atoms with Crippen molar-refractivity contribution in [3.8, 4) is 11.5 Å². The summed E-state index contributed by atoms with van der Waals surface area (Å²) < 4.78 is 6.81. The zero-order chi connectivity index (χ0) is 22.7. The molecule has 2 saturated heterocycles. The molecule has 8 nitrogen and oxygen atoms in total. The normalized spacial score (nSPS) is 19.4. The van der Waals surface area contributed by atoms with Gasteiger partial charge in [0.2, 0.25) is 5.54 Å². The van der Waals surface area contributed by atoms with Crippen molar-refractivity contribution in [2.45, 2.75) is 5.54 Å². The predicted octanol–water partition coefficient (Wildman–Crippen LogP) is 2.82. The molecule has 0 unspecified atom stereocenters. The first-order valence-electron chi connectivity index (χ1n) is 10.2. The Bertz CT molecular complexity index is 986. The van der Waals surface area contributed by atoms with Crippen LogP contribution in [0.2, 0.25) is 0 Å². The molecule has 0 aromatic heterocycles. The number of ether oxygens (including phenoxy) is 1. The van der Waals surface area contributed by atoms with Gasteiger partial charge in [-0.1, -0.05) is 44.0 Å². The van der Waals surface area contributed by atoms with E-state index < -0.39 is 23.4 Å². The number of carbonyl (C=O) groups is 3. The SMILES string of the molecule is O=C1NC(=O)C(c2ccc(Oc3ccc(Br)cc3)cc2)(N2CCN(CCBr)CC2)C(=O)N1. The molecule has 0 atom stereocenters. The van der Waals surface area contributed by atoms with Crippen molar-refractivity contribution in [2.24, 2.45) is 0 Å². The Balaban J connectivity index is 1.63. The van der Waals surface area contributed by atoms with Crippen LogP contribution in [0.5, 0.6) is 11.5 Å². The van der Waals surface area contributed by atoms with Crippen LogP contribution in [0.3, 0.4) is 0 Å². The molecule has 2 aliphatic rings. The standard InChI is InChI=1S/C22H22Br2N4O4/c23-9-10-27-11-13-28(14-12-27)22(19(29)25-21(31)26-20(22)30)15-1-5-17(6-2-15)32-18-7-3-16(24)4-8-18/h1-8H,9-14H2,(H2,25,26,29,30,31). The third-order valence-electron chi connectivity index (χ3n) is 5.68. The molecule has 2 fully saturated rings. The van der Waals surface area contributed by atoms with Gasteiger partial charge in [-0.2, -0.15) is 0 Å². The van der Waals surface area contributed by atoms with Crippen LogP contribution in [0.15, 0.2) is 53.0 Å². The second-order valence-electron chi connectivity index (χ2n) is 7.55. The maximum absolute atomic E-state index is 13.2. The van der Waals surface area contributed by atoms with E-state index in [0.29, 0.717) is 43.2 Å². The summed E-state index contributed by atoms with van der Waals surface area (Å²) in [4.78, 5) is 42.2. The van der Waals surface area contributed by atoms with E-state index in [-0.39, 0.29) is 0 Å². The lowest BCUT2D eigenvalue weighted by Crippen LogP contribution is -2.72. The number of halogens is 2. The first-order valence-corrected chi connectivity index (χ1v) is 12.1. The summed E-state index contributed by atoms with van der Waals surface area (Å²) in [7, 11) is 0. The van der Waals surface area contributed by atoms with Gasteiger partial charge in [0.1, 0.15) is 11.5 Å². The topological polar surface area (TPSA) is 91.0 Å². The molecule has 168 valence electrons. The minimum Gasteiger partial charge on any atom is -0.457 e. The Morgan fingerprint density at radius 1 is 0.844 bits per heavy atom. The van der Waals surface area contributed by atoms with Gasteiger partial charge in [0, 0.05) is 42.5 Å². The molecule has 32 heavy (non-hydrogen) atoms. The fourth-order valence-electron chi connectivity index (χ4n) is 4.08. The lowest BCUT2D eigenvalue weighted by molar-refractivity contribution is -0.150. The number of piperazine rings is 1. The first-order chi connectivity index (χ1) is 15.4. The van der Waals surface area contributed by atoms with Crippen molar-refractivity contribution < 1.29 is 19.1 Å². The van der Waals surface area contributed by atoms with Crippen LogP contribution in [-0.2, 0) is 15.1 Å². The Kier molecular flexibility index (Phi) is 6.94. The monoisotopic (exact) mass is 564 g/mol. The van der Waals surface area contributed by atoms with E-state index in [0.717, 1.165) is 16.3 Å². The summed E-state index contributed by atoms with van der Waals surface area (Å²) in [6, 6.07) is 13.5. The van der Waals surface area contributed by atoms with E-state index in [1.54, 1.807) is 24.3 Å². The van der Waals surface area contributed by atoms with Gasteiger partial charge in [0.25, 0.3) is 11.8 Å². The van der Waals surface area contributed by atoms with Gasteiger partial charge in [0.05, 0.1) is 0 Å². The Morgan fingerprint density at radius 3 is 1.91 bits per heavy atom. The molecular formula is C22H22Br2N4O4. The van der Waals surface area contributed by atoms with Crippen molar-refractivity contribution in [1.29, 1.82) is 0 Å². The highest BCUT2D eigenvalue weighted by Gasteiger charge is 2.56. The average molecular weight is 566 g/mol. The van der Waals surface area contributed by atoms with E-state index in [2.05, 4.69) is 47.4 Å². The number of imide groups is 2. The van der Waals surface area contributed by atoms with Crippen molar-refractivity contribution in [3.05, 3.63) is 58.6 Å². The lowest BCUT2D eigenvalue weighted by atomic mass is 9.84. The van der Waals surface area contributed by atoms with Crippen molar-refractivity contribution in [2.75, 3.05) is 38.1 Å². The van der Waals surface area contributed by atoms with Crippen LogP contribution in [0.4, 0.5) is 4.79 Å². The Labute approximate surface area is 202 Å². The summed E-state index contributed by atoms with van der Waals surface area (Å²) in [5.74, 6) is -0.0399. The number of nitrogens with zero attached hydrogens (tertiary/aromatic N) is 2. The van der Waals surface area contributed by atoms with Gasteiger partial charge in [-0.25, -0.2) is 4.79 Å². The van der Waals surface area contributed by atoms with E-state index in [1.165, 1.54) is 0 Å². The van der Waals surface area contributed by atoms with Crippen LogP contribution >= 0.6 is 31.9 Å². The number of hydrogen-bond acceptors (Lipinski definition) is 6. The van der Waals surface area contributed by atoms with E-state index in [4.69, 9.17) is 4.74 Å². The number of urea groups is 1. The van der Waals surface area contributed by atoms with Crippen molar-refractivity contribution in [1.82, 2.24) is 20.4 Å². The molecule has 2 N–H and O–H groups in total. The van der Waals surface area contributed by atoms with Gasteiger partial charge >= 0.3 is 6.03 Å². The molecular weight excluding hydrogens is 544 g/mol. The van der Waals surface area contributed by atoms with Gasteiger partial charge < -0.3 is 4.74 Å². The molecule has 0 bridgehead atoms. The predicted molar refractivity (Wildman–Crippen MR) is 126 cm³/mol. The van der Waals surface area contributed by atoms with Crippen LogP contribution in [0.25, 0.3) is 0 Å². The van der Waals surface area contributed by atoms with Crippen LogP contribution in [0.1, 0.15) is 5.56 Å². The summed E-state index contributed by atoms with van der Waals surface area (Å²) in [5.41, 5.74) is -1.14. The summed E-state index contributed by atoms with van der Waals surface area (Å²) in [6.45, 7) is 3.34. The summed E-state index contributed by atoms with van der Waals surface area (Å²) in [5, 5.41) is 5.42. The summed E-state index contributed by atoms with van der Waals surface area (Å²) in [6.07, 6.45) is 0. The summed E-state index contributed by atoms with van der Waals surface area (Å²) >= 11 is 6.84. The largest absolute Gasteiger partial charge is 0.457 e. The van der Waals surface area contributed by atoms with Crippen molar-refractivity contribution in [3.63, 3.8) is 0 Å². The smallest absolute Gasteiger partial charge is 0.328 e. The Hall–Kier alpha value is -2.27. The van der Waals surface area contributed by atoms with Gasteiger partial charge in [-0.3, -0.25) is 30.0 Å². The fraction of sp³-hybridized carbons (Fsp3) is 0.318. The number of benzene rings is 2.